The average Bonchev–Trinajstić information content (AvgIpc) is 2.57. The lowest BCUT2D eigenvalue weighted by Gasteiger charge is -2.09. The van der Waals surface area contributed by atoms with Gasteiger partial charge in [0.25, 0.3) is 0 Å². The van der Waals surface area contributed by atoms with Gasteiger partial charge in [-0.05, 0) is 86.2 Å². The fourth-order valence-electron chi connectivity index (χ4n) is 3.07. The van der Waals surface area contributed by atoms with E-state index < -0.39 is 0 Å². The summed E-state index contributed by atoms with van der Waals surface area (Å²) in [6.45, 7) is 10.7. The molecule has 0 bridgehead atoms. The topological polar surface area (TPSA) is 0 Å². The van der Waals surface area contributed by atoms with E-state index in [0.29, 0.717) is 0 Å². The van der Waals surface area contributed by atoms with Crippen molar-refractivity contribution >= 4 is 0 Å². The molecule has 0 aromatic heterocycles. The molecule has 0 aliphatic heterocycles. The number of rotatable bonds is 1. The van der Waals surface area contributed by atoms with E-state index in [2.05, 4.69) is 101 Å². The van der Waals surface area contributed by atoms with Gasteiger partial charge in [0, 0.05) is 11.1 Å². The molecule has 0 nitrogen and oxygen atoms in total. The van der Waals surface area contributed by atoms with Crippen molar-refractivity contribution in [1.82, 2.24) is 0 Å². The van der Waals surface area contributed by atoms with Crippen molar-refractivity contribution in [3.8, 4) is 23.0 Å². The first-order valence-corrected chi connectivity index (χ1v) is 8.71. The van der Waals surface area contributed by atoms with Gasteiger partial charge >= 0.3 is 0 Å². The Morgan fingerprint density at radius 3 is 2.04 bits per heavy atom. The van der Waals surface area contributed by atoms with Gasteiger partial charge in [-0.3, -0.25) is 0 Å². The second-order valence-electron chi connectivity index (χ2n) is 6.90. The largest absolute Gasteiger partial charge is 0.0616 e. The third-order valence-corrected chi connectivity index (χ3v) is 4.77. The molecule has 124 valence electrons. The fourth-order valence-corrected chi connectivity index (χ4v) is 3.07. The standard InChI is InChI=1S/C25H24/c1-17-6-13-25(21(5)14-17)24-12-11-23(20(4)16-24)10-9-22-8-7-18(2)19(3)15-22/h6-8,11-16H,1-5H3. The van der Waals surface area contributed by atoms with E-state index in [1.807, 2.05) is 0 Å². The molecule has 0 saturated heterocycles. The molecule has 0 N–H and O–H groups in total. The molecular formula is C25H24. The van der Waals surface area contributed by atoms with Crippen LogP contribution in [0, 0.1) is 46.5 Å². The van der Waals surface area contributed by atoms with Crippen LogP contribution in [-0.2, 0) is 0 Å². The van der Waals surface area contributed by atoms with Crippen LogP contribution in [0.4, 0.5) is 0 Å². The predicted octanol–water partition coefficient (Wildman–Crippen LogP) is 6.30. The van der Waals surface area contributed by atoms with Crippen LogP contribution in [0.3, 0.4) is 0 Å². The SMILES string of the molecule is Cc1ccc(-c2ccc(C#Cc3ccc(C)c(C)c3)c(C)c2)c(C)c1. The Morgan fingerprint density at radius 1 is 0.560 bits per heavy atom. The van der Waals surface area contributed by atoms with Crippen LogP contribution in [-0.4, -0.2) is 0 Å². The lowest BCUT2D eigenvalue weighted by atomic mass is 9.95. The third kappa shape index (κ3) is 3.83. The van der Waals surface area contributed by atoms with Gasteiger partial charge in [0.2, 0.25) is 0 Å². The number of benzene rings is 3. The first kappa shape index (κ1) is 17.1. The summed E-state index contributed by atoms with van der Waals surface area (Å²) in [6, 6.07) is 19.5. The van der Waals surface area contributed by atoms with Gasteiger partial charge in [0.15, 0.2) is 0 Å². The smallest absolute Gasteiger partial charge is 0.0278 e. The maximum Gasteiger partial charge on any atom is 0.0278 e. The highest BCUT2D eigenvalue weighted by Gasteiger charge is 2.04. The predicted molar refractivity (Wildman–Crippen MR) is 108 cm³/mol. The van der Waals surface area contributed by atoms with Gasteiger partial charge in [-0.1, -0.05) is 53.8 Å². The molecule has 0 heteroatoms. The zero-order chi connectivity index (χ0) is 18.0. The molecule has 0 aliphatic rings. The van der Waals surface area contributed by atoms with Crippen molar-refractivity contribution in [3.63, 3.8) is 0 Å². The number of hydrogen-bond donors (Lipinski definition) is 0. The van der Waals surface area contributed by atoms with E-state index in [1.165, 1.54) is 38.9 Å². The monoisotopic (exact) mass is 324 g/mol. The Hall–Kier alpha value is -2.78. The first-order valence-electron chi connectivity index (χ1n) is 8.71. The minimum Gasteiger partial charge on any atom is -0.0616 e. The summed E-state index contributed by atoms with van der Waals surface area (Å²) in [7, 11) is 0. The molecule has 0 spiro atoms. The van der Waals surface area contributed by atoms with E-state index in [-0.39, 0.29) is 0 Å². The summed E-state index contributed by atoms with van der Waals surface area (Å²) in [4.78, 5) is 0. The second kappa shape index (κ2) is 6.99. The number of aryl methyl sites for hydroxylation is 5. The molecule has 0 aliphatic carbocycles. The molecule has 0 fully saturated rings. The van der Waals surface area contributed by atoms with E-state index in [0.717, 1.165) is 11.1 Å². The van der Waals surface area contributed by atoms with Crippen LogP contribution >= 0.6 is 0 Å². The van der Waals surface area contributed by atoms with Gasteiger partial charge in [-0.2, -0.15) is 0 Å². The highest BCUT2D eigenvalue weighted by Crippen LogP contribution is 2.26. The van der Waals surface area contributed by atoms with Crippen molar-refractivity contribution in [2.45, 2.75) is 34.6 Å². The normalized spacial score (nSPS) is 10.3. The molecule has 0 amide bonds. The lowest BCUT2D eigenvalue weighted by Crippen LogP contribution is -1.88. The summed E-state index contributed by atoms with van der Waals surface area (Å²) in [6.07, 6.45) is 0. The van der Waals surface area contributed by atoms with E-state index >= 15 is 0 Å². The Morgan fingerprint density at radius 2 is 1.36 bits per heavy atom. The van der Waals surface area contributed by atoms with Crippen LogP contribution in [0.5, 0.6) is 0 Å². The summed E-state index contributed by atoms with van der Waals surface area (Å²) in [5.74, 6) is 6.63. The summed E-state index contributed by atoms with van der Waals surface area (Å²) >= 11 is 0. The number of hydrogen-bond acceptors (Lipinski definition) is 0. The minimum absolute atomic E-state index is 1.07. The van der Waals surface area contributed by atoms with Crippen molar-refractivity contribution in [3.05, 3.63) is 93.5 Å². The van der Waals surface area contributed by atoms with Crippen LogP contribution in [0.1, 0.15) is 38.9 Å². The van der Waals surface area contributed by atoms with Crippen molar-refractivity contribution in [1.29, 1.82) is 0 Å². The Labute approximate surface area is 151 Å². The van der Waals surface area contributed by atoms with Crippen LogP contribution in [0.15, 0.2) is 54.6 Å². The van der Waals surface area contributed by atoms with E-state index in [9.17, 15) is 0 Å². The second-order valence-corrected chi connectivity index (χ2v) is 6.90. The fraction of sp³-hybridized carbons (Fsp3) is 0.200. The zero-order valence-electron chi connectivity index (χ0n) is 15.7. The van der Waals surface area contributed by atoms with Gasteiger partial charge in [-0.25, -0.2) is 0 Å². The Balaban J connectivity index is 1.93. The molecule has 0 unspecified atom stereocenters. The van der Waals surface area contributed by atoms with Gasteiger partial charge in [0.1, 0.15) is 0 Å². The quantitative estimate of drug-likeness (QED) is 0.461. The summed E-state index contributed by atoms with van der Waals surface area (Å²) in [5.41, 5.74) is 11.1. The average molecular weight is 324 g/mol. The highest BCUT2D eigenvalue weighted by atomic mass is 14.1. The third-order valence-electron chi connectivity index (χ3n) is 4.77. The molecule has 0 radical (unpaired) electrons. The van der Waals surface area contributed by atoms with Crippen molar-refractivity contribution < 1.29 is 0 Å². The molecule has 25 heavy (non-hydrogen) atoms. The van der Waals surface area contributed by atoms with Crippen LogP contribution in [0.25, 0.3) is 11.1 Å². The molecule has 3 aromatic carbocycles. The zero-order valence-corrected chi connectivity index (χ0v) is 15.7. The molecule has 0 heterocycles. The minimum atomic E-state index is 1.07. The van der Waals surface area contributed by atoms with Gasteiger partial charge in [-0.15, -0.1) is 0 Å². The summed E-state index contributed by atoms with van der Waals surface area (Å²) in [5, 5.41) is 0. The highest BCUT2D eigenvalue weighted by molar-refractivity contribution is 5.69. The molecule has 0 saturated carbocycles. The summed E-state index contributed by atoms with van der Waals surface area (Å²) < 4.78 is 0. The van der Waals surface area contributed by atoms with Crippen molar-refractivity contribution in [2.24, 2.45) is 0 Å². The van der Waals surface area contributed by atoms with E-state index in [1.54, 1.807) is 0 Å². The first-order chi connectivity index (χ1) is 11.9. The molecular weight excluding hydrogens is 300 g/mol. The lowest BCUT2D eigenvalue weighted by molar-refractivity contribution is 1.33. The van der Waals surface area contributed by atoms with Crippen LogP contribution < -0.4 is 0 Å². The maximum atomic E-state index is 3.33. The van der Waals surface area contributed by atoms with E-state index in [4.69, 9.17) is 0 Å². The Kier molecular flexibility index (Phi) is 4.77. The van der Waals surface area contributed by atoms with Gasteiger partial charge < -0.3 is 0 Å². The molecule has 3 aromatic rings. The molecule has 0 atom stereocenters. The van der Waals surface area contributed by atoms with Gasteiger partial charge in [0.05, 0.1) is 0 Å². The Bertz CT molecular complexity index is 994. The maximum absolute atomic E-state index is 3.33. The van der Waals surface area contributed by atoms with Crippen molar-refractivity contribution in [2.75, 3.05) is 0 Å². The molecule has 3 rings (SSSR count). The van der Waals surface area contributed by atoms with Crippen LogP contribution in [0.2, 0.25) is 0 Å².